The van der Waals surface area contributed by atoms with E-state index in [4.69, 9.17) is 4.74 Å². The number of nitrogens with one attached hydrogen (secondary N) is 1. The lowest BCUT2D eigenvalue weighted by Crippen LogP contribution is -2.15. The molecule has 0 aliphatic carbocycles. The predicted molar refractivity (Wildman–Crippen MR) is 124 cm³/mol. The average molecular weight is 447 g/mol. The Morgan fingerprint density at radius 1 is 1.27 bits per heavy atom. The van der Waals surface area contributed by atoms with E-state index in [0.29, 0.717) is 35.9 Å². The number of benzene rings is 1. The van der Waals surface area contributed by atoms with Gasteiger partial charge in [0.15, 0.2) is 11.6 Å². The zero-order valence-corrected chi connectivity index (χ0v) is 18.0. The van der Waals surface area contributed by atoms with Crippen LogP contribution in [0.25, 0.3) is 11.9 Å². The number of amides is 1. The first-order valence-electron chi connectivity index (χ1n) is 10.6. The summed E-state index contributed by atoms with van der Waals surface area (Å²) in [6.45, 7) is 0.712. The standard InChI is InChI=1S/C23H22FN7O2/c1-33-16-4-5-20(18(24)12-16)31-21(13-19(29-31)15-6-9-25-10-7-15)28-23(32)17-14-27-30-11-3-2-8-26-22(17)30/h3-5,8-9,11-15H,2,6-7,10H2,1H3,(H,28,32). The molecule has 4 heterocycles. The number of carbonyl (C=O) groups is 1. The zero-order valence-electron chi connectivity index (χ0n) is 18.0. The van der Waals surface area contributed by atoms with Crippen molar-refractivity contribution in [3.8, 4) is 11.4 Å². The van der Waals surface area contributed by atoms with Crippen molar-refractivity contribution in [2.24, 2.45) is 9.98 Å². The zero-order chi connectivity index (χ0) is 22.8. The number of halogens is 1. The van der Waals surface area contributed by atoms with Gasteiger partial charge in [0.2, 0.25) is 0 Å². The van der Waals surface area contributed by atoms with Gasteiger partial charge in [0, 0.05) is 43.4 Å². The van der Waals surface area contributed by atoms with Gasteiger partial charge in [0.1, 0.15) is 22.8 Å². The van der Waals surface area contributed by atoms with Crippen LogP contribution in [-0.2, 0) is 0 Å². The van der Waals surface area contributed by atoms with Crippen LogP contribution in [0.5, 0.6) is 5.75 Å². The number of methoxy groups -OCH3 is 1. The Balaban J connectivity index is 1.53. The largest absolute Gasteiger partial charge is 0.497 e. The number of fused-ring (bicyclic) bond motifs is 1. The Hall–Kier alpha value is -4.08. The number of hydrogen-bond acceptors (Lipinski definition) is 6. The van der Waals surface area contributed by atoms with Gasteiger partial charge in [-0.05, 0) is 31.2 Å². The number of aliphatic imine (C=N–C) groups is 2. The third kappa shape index (κ3) is 4.07. The quantitative estimate of drug-likeness (QED) is 0.639. The van der Waals surface area contributed by atoms with Crippen molar-refractivity contribution in [1.29, 1.82) is 0 Å². The van der Waals surface area contributed by atoms with Crippen LogP contribution >= 0.6 is 0 Å². The van der Waals surface area contributed by atoms with Gasteiger partial charge in [-0.15, -0.1) is 0 Å². The second-order valence-electron chi connectivity index (χ2n) is 7.71. The van der Waals surface area contributed by atoms with Gasteiger partial charge in [0.05, 0.1) is 19.0 Å². The Kier molecular flexibility index (Phi) is 5.55. The SMILES string of the molecule is COc1ccc(-n2nc(C3CC=NCC3)cc2NC(=O)c2cnn3c2N=CCC=C3)c(F)c1. The molecule has 2 aliphatic rings. The second kappa shape index (κ2) is 8.81. The first kappa shape index (κ1) is 20.8. The molecule has 33 heavy (non-hydrogen) atoms. The summed E-state index contributed by atoms with van der Waals surface area (Å²) in [5, 5.41) is 11.7. The van der Waals surface area contributed by atoms with Crippen molar-refractivity contribution in [3.05, 3.63) is 53.6 Å². The smallest absolute Gasteiger partial charge is 0.262 e. The molecule has 2 aromatic heterocycles. The normalized spacial score (nSPS) is 17.0. The number of allylic oxidation sites excluding steroid dienone is 1. The molecular formula is C23H22FN7O2. The van der Waals surface area contributed by atoms with Gasteiger partial charge in [-0.3, -0.25) is 9.79 Å². The summed E-state index contributed by atoms with van der Waals surface area (Å²) in [5.74, 6) is 0.407. The summed E-state index contributed by atoms with van der Waals surface area (Å²) in [7, 11) is 1.48. The fourth-order valence-electron chi connectivity index (χ4n) is 3.87. The van der Waals surface area contributed by atoms with Gasteiger partial charge in [0.25, 0.3) is 5.91 Å². The van der Waals surface area contributed by atoms with Crippen LogP contribution in [0.4, 0.5) is 16.0 Å². The summed E-state index contributed by atoms with van der Waals surface area (Å²) < 4.78 is 23.0. The summed E-state index contributed by atoms with van der Waals surface area (Å²) in [6.07, 6.45) is 11.0. The van der Waals surface area contributed by atoms with Crippen LogP contribution in [0, 0.1) is 5.82 Å². The highest BCUT2D eigenvalue weighted by Gasteiger charge is 2.24. The first-order chi connectivity index (χ1) is 16.1. The van der Waals surface area contributed by atoms with E-state index < -0.39 is 11.7 Å². The van der Waals surface area contributed by atoms with E-state index >= 15 is 0 Å². The van der Waals surface area contributed by atoms with Crippen LogP contribution in [0.2, 0.25) is 0 Å². The first-order valence-corrected chi connectivity index (χ1v) is 10.6. The number of anilines is 1. The van der Waals surface area contributed by atoms with Gasteiger partial charge in [-0.2, -0.15) is 10.2 Å². The van der Waals surface area contributed by atoms with E-state index in [-0.39, 0.29) is 11.6 Å². The number of ether oxygens (including phenoxy) is 1. The Morgan fingerprint density at radius 2 is 2.18 bits per heavy atom. The van der Waals surface area contributed by atoms with E-state index in [2.05, 4.69) is 25.5 Å². The van der Waals surface area contributed by atoms with Crippen molar-refractivity contribution in [2.75, 3.05) is 19.0 Å². The highest BCUT2D eigenvalue weighted by molar-refractivity contribution is 6.07. The van der Waals surface area contributed by atoms with E-state index in [1.54, 1.807) is 35.3 Å². The number of carbonyl (C=O) groups excluding carboxylic acids is 1. The third-order valence-electron chi connectivity index (χ3n) is 5.61. The molecule has 3 aromatic rings. The minimum Gasteiger partial charge on any atom is -0.497 e. The van der Waals surface area contributed by atoms with Gasteiger partial charge in [-0.25, -0.2) is 18.7 Å². The lowest BCUT2D eigenvalue weighted by Gasteiger charge is -2.14. The molecule has 0 fully saturated rings. The lowest BCUT2D eigenvalue weighted by molar-refractivity contribution is 0.102. The molecule has 0 radical (unpaired) electrons. The lowest BCUT2D eigenvalue weighted by atomic mass is 9.96. The molecule has 1 unspecified atom stereocenters. The van der Waals surface area contributed by atoms with Crippen LogP contribution in [0.15, 0.2) is 46.5 Å². The molecule has 9 nitrogen and oxygen atoms in total. The highest BCUT2D eigenvalue weighted by Crippen LogP contribution is 2.30. The molecule has 5 rings (SSSR count). The molecule has 1 atom stereocenters. The van der Waals surface area contributed by atoms with Crippen molar-refractivity contribution in [1.82, 2.24) is 19.6 Å². The molecule has 0 saturated carbocycles. The summed E-state index contributed by atoms with van der Waals surface area (Å²) in [6, 6.07) is 6.30. The topological polar surface area (TPSA) is 98.7 Å². The molecule has 0 saturated heterocycles. The van der Waals surface area contributed by atoms with E-state index in [9.17, 15) is 9.18 Å². The molecule has 10 heteroatoms. The number of nitrogens with zero attached hydrogens (tertiary/aromatic N) is 6. The van der Waals surface area contributed by atoms with Crippen molar-refractivity contribution < 1.29 is 13.9 Å². The molecule has 2 aliphatic heterocycles. The van der Waals surface area contributed by atoms with Crippen LogP contribution in [0.3, 0.4) is 0 Å². The molecule has 0 bridgehead atoms. The van der Waals surface area contributed by atoms with Crippen LogP contribution in [0.1, 0.15) is 41.2 Å². The number of aromatic nitrogens is 4. The molecule has 1 N–H and O–H groups in total. The molecule has 0 spiro atoms. The molecule has 1 aromatic carbocycles. The number of hydrogen-bond donors (Lipinski definition) is 1. The maximum Gasteiger partial charge on any atom is 0.262 e. The summed E-state index contributed by atoms with van der Waals surface area (Å²) in [4.78, 5) is 21.8. The summed E-state index contributed by atoms with van der Waals surface area (Å²) >= 11 is 0. The minimum absolute atomic E-state index is 0.142. The second-order valence-corrected chi connectivity index (χ2v) is 7.71. The summed E-state index contributed by atoms with van der Waals surface area (Å²) in [5.41, 5.74) is 1.28. The van der Waals surface area contributed by atoms with E-state index in [1.807, 2.05) is 12.3 Å². The van der Waals surface area contributed by atoms with Gasteiger partial charge < -0.3 is 10.1 Å². The maximum atomic E-state index is 14.9. The Labute approximate surface area is 189 Å². The maximum absolute atomic E-state index is 14.9. The van der Waals surface area contributed by atoms with Gasteiger partial charge in [-0.1, -0.05) is 6.08 Å². The van der Waals surface area contributed by atoms with Crippen molar-refractivity contribution in [3.63, 3.8) is 0 Å². The van der Waals surface area contributed by atoms with Gasteiger partial charge >= 0.3 is 0 Å². The Bertz CT molecular complexity index is 1290. The van der Waals surface area contributed by atoms with E-state index in [1.165, 1.54) is 24.1 Å². The third-order valence-corrected chi connectivity index (χ3v) is 5.61. The van der Waals surface area contributed by atoms with Crippen molar-refractivity contribution in [2.45, 2.75) is 25.2 Å². The van der Waals surface area contributed by atoms with E-state index in [0.717, 1.165) is 18.5 Å². The Morgan fingerprint density at radius 3 is 2.97 bits per heavy atom. The fourth-order valence-corrected chi connectivity index (χ4v) is 3.87. The number of rotatable bonds is 5. The van der Waals surface area contributed by atoms with Crippen LogP contribution < -0.4 is 10.1 Å². The molecule has 168 valence electrons. The average Bonchev–Trinajstić information content (AvgIpc) is 3.36. The fraction of sp³-hybridized carbons (Fsp3) is 0.261. The molecule has 1 amide bonds. The monoisotopic (exact) mass is 447 g/mol. The van der Waals surface area contributed by atoms with Crippen LogP contribution in [-0.4, -0.2) is 51.6 Å². The minimum atomic E-state index is -0.515. The molecular weight excluding hydrogens is 425 g/mol. The predicted octanol–water partition coefficient (Wildman–Crippen LogP) is 3.99. The highest BCUT2D eigenvalue weighted by atomic mass is 19.1. The van der Waals surface area contributed by atoms with Crippen molar-refractivity contribution >= 4 is 36.2 Å².